The van der Waals surface area contributed by atoms with Gasteiger partial charge in [-0.05, 0) is 0 Å². The van der Waals surface area contributed by atoms with Crippen LogP contribution in [0.2, 0.25) is 0 Å². The van der Waals surface area contributed by atoms with E-state index in [-0.39, 0.29) is 23.3 Å². The first-order chi connectivity index (χ1) is 2.50. The summed E-state index contributed by atoms with van der Waals surface area (Å²) in [6.07, 6.45) is 6.72. The summed E-state index contributed by atoms with van der Waals surface area (Å²) in [7, 11) is 0. The SMILES string of the molecule is C.C.C1=CN=CC1.[B]. The van der Waals surface area contributed by atoms with Crippen molar-refractivity contribution in [2.75, 3.05) is 0 Å². The molecule has 0 amide bonds. The van der Waals surface area contributed by atoms with E-state index in [1.165, 1.54) is 0 Å². The zero-order chi connectivity index (χ0) is 3.54. The first-order valence-corrected chi connectivity index (χ1v) is 1.67. The third-order valence-electron chi connectivity index (χ3n) is 0.538. The molecule has 45 valence electrons. The van der Waals surface area contributed by atoms with Crippen LogP contribution in [0, 0.1) is 0 Å². The molecular formula is C6H13BN. The van der Waals surface area contributed by atoms with E-state index in [1.807, 2.05) is 12.3 Å². The standard InChI is InChI=1S/C4H5N.2CH4.B/c1-2-4-5-3-1;;;/h1,3-4H,2H2;2*1H4;. The molecule has 1 nitrogen and oxygen atoms in total. The summed E-state index contributed by atoms with van der Waals surface area (Å²) in [5.74, 6) is 0. The zero-order valence-electron chi connectivity index (χ0n) is 3.46. The fourth-order valence-electron chi connectivity index (χ4n) is 0.304. The predicted molar refractivity (Wildman–Crippen MR) is 41.5 cm³/mol. The molecule has 0 saturated carbocycles. The highest BCUT2D eigenvalue weighted by Gasteiger charge is 1.73. The maximum absolute atomic E-state index is 3.78. The molecule has 0 unspecified atom stereocenters. The Kier molecular flexibility index (Phi) is 19.0. The van der Waals surface area contributed by atoms with Crippen LogP contribution in [-0.2, 0) is 0 Å². The molecule has 8 heavy (non-hydrogen) atoms. The highest BCUT2D eigenvalue weighted by Crippen LogP contribution is 1.86. The van der Waals surface area contributed by atoms with Gasteiger partial charge in [-0.1, -0.05) is 20.9 Å². The van der Waals surface area contributed by atoms with Crippen molar-refractivity contribution in [2.24, 2.45) is 4.99 Å². The second-order valence-corrected chi connectivity index (χ2v) is 0.952. The molecule has 0 aliphatic carbocycles. The first-order valence-electron chi connectivity index (χ1n) is 1.67. The van der Waals surface area contributed by atoms with Crippen molar-refractivity contribution >= 4 is 14.6 Å². The molecule has 0 aromatic rings. The molecule has 0 bridgehead atoms. The minimum atomic E-state index is 0. The van der Waals surface area contributed by atoms with Gasteiger partial charge in [-0.25, -0.2) is 0 Å². The molecule has 0 spiro atoms. The highest BCUT2D eigenvalue weighted by atomic mass is 14.7. The molecule has 0 aromatic carbocycles. The quantitative estimate of drug-likeness (QED) is 0.422. The van der Waals surface area contributed by atoms with E-state index in [0.29, 0.717) is 0 Å². The van der Waals surface area contributed by atoms with Crippen LogP contribution in [0.4, 0.5) is 0 Å². The minimum absolute atomic E-state index is 0. The van der Waals surface area contributed by atoms with Crippen LogP contribution in [0.5, 0.6) is 0 Å². The predicted octanol–water partition coefficient (Wildman–Crippen LogP) is 1.87. The van der Waals surface area contributed by atoms with E-state index in [1.54, 1.807) is 6.20 Å². The summed E-state index contributed by atoms with van der Waals surface area (Å²) in [6, 6.07) is 0. The number of allylic oxidation sites excluding steroid dienone is 1. The van der Waals surface area contributed by atoms with Crippen molar-refractivity contribution in [3.63, 3.8) is 0 Å². The Bertz CT molecular complexity index is 66.6. The average molecular weight is 110 g/mol. The van der Waals surface area contributed by atoms with Crippen molar-refractivity contribution in [1.82, 2.24) is 0 Å². The molecule has 0 saturated heterocycles. The average Bonchev–Trinajstić information content (AvgIpc) is 1.76. The Morgan fingerprint density at radius 1 is 1.25 bits per heavy atom. The van der Waals surface area contributed by atoms with Crippen LogP contribution in [-0.4, -0.2) is 14.6 Å². The van der Waals surface area contributed by atoms with Crippen molar-refractivity contribution in [3.8, 4) is 0 Å². The van der Waals surface area contributed by atoms with Gasteiger partial charge in [0.05, 0.1) is 0 Å². The van der Waals surface area contributed by atoms with Crippen molar-refractivity contribution in [3.05, 3.63) is 12.3 Å². The molecule has 0 N–H and O–H groups in total. The monoisotopic (exact) mass is 110 g/mol. The Morgan fingerprint density at radius 2 is 1.88 bits per heavy atom. The minimum Gasteiger partial charge on any atom is -0.269 e. The number of hydrogen-bond acceptors (Lipinski definition) is 1. The van der Waals surface area contributed by atoms with Gasteiger partial charge in [-0.15, -0.1) is 0 Å². The summed E-state index contributed by atoms with van der Waals surface area (Å²) in [5, 5.41) is 0. The van der Waals surface area contributed by atoms with Crippen molar-refractivity contribution in [2.45, 2.75) is 21.3 Å². The molecule has 0 aromatic heterocycles. The van der Waals surface area contributed by atoms with Crippen LogP contribution in [0.25, 0.3) is 0 Å². The number of hydrogen-bond donors (Lipinski definition) is 0. The summed E-state index contributed by atoms with van der Waals surface area (Å²) in [6.45, 7) is 0. The number of nitrogens with zero attached hydrogens (tertiary/aromatic N) is 1. The maximum Gasteiger partial charge on any atom is 0.0227 e. The molecule has 0 fully saturated rings. The van der Waals surface area contributed by atoms with Crippen LogP contribution >= 0.6 is 0 Å². The fraction of sp³-hybridized carbons (Fsp3) is 0.500. The lowest BCUT2D eigenvalue weighted by molar-refractivity contribution is 1.60. The Morgan fingerprint density at radius 3 is 2.00 bits per heavy atom. The van der Waals surface area contributed by atoms with Gasteiger partial charge in [0, 0.05) is 27.2 Å². The molecule has 1 rings (SSSR count). The summed E-state index contributed by atoms with van der Waals surface area (Å²) >= 11 is 0. The molecule has 3 radical (unpaired) electrons. The van der Waals surface area contributed by atoms with Crippen LogP contribution in [0.15, 0.2) is 17.3 Å². The normalized spacial score (nSPS) is 11.0. The van der Waals surface area contributed by atoms with Gasteiger partial charge in [-0.3, -0.25) is 4.99 Å². The Labute approximate surface area is 54.1 Å². The summed E-state index contributed by atoms with van der Waals surface area (Å²) in [4.78, 5) is 3.78. The van der Waals surface area contributed by atoms with Crippen LogP contribution < -0.4 is 0 Å². The summed E-state index contributed by atoms with van der Waals surface area (Å²) < 4.78 is 0. The number of aliphatic imine (C=N–C) groups is 1. The second-order valence-electron chi connectivity index (χ2n) is 0.952. The molecule has 1 heterocycles. The maximum atomic E-state index is 3.78. The van der Waals surface area contributed by atoms with Crippen molar-refractivity contribution < 1.29 is 0 Å². The van der Waals surface area contributed by atoms with Crippen molar-refractivity contribution in [1.29, 1.82) is 0 Å². The lowest BCUT2D eigenvalue weighted by Crippen LogP contribution is -1.51. The van der Waals surface area contributed by atoms with E-state index in [9.17, 15) is 0 Å². The molecule has 2 heteroatoms. The Hall–Kier alpha value is -0.525. The van der Waals surface area contributed by atoms with Gasteiger partial charge in [0.2, 0.25) is 0 Å². The van der Waals surface area contributed by atoms with Gasteiger partial charge in [0.25, 0.3) is 0 Å². The smallest absolute Gasteiger partial charge is 0.0227 e. The lowest BCUT2D eigenvalue weighted by atomic mass is 10.5. The second kappa shape index (κ2) is 9.69. The van der Waals surface area contributed by atoms with E-state index < -0.39 is 0 Å². The van der Waals surface area contributed by atoms with E-state index in [0.717, 1.165) is 6.42 Å². The summed E-state index contributed by atoms with van der Waals surface area (Å²) in [5.41, 5.74) is 0. The van der Waals surface area contributed by atoms with Gasteiger partial charge in [0.15, 0.2) is 0 Å². The zero-order valence-corrected chi connectivity index (χ0v) is 3.46. The number of rotatable bonds is 0. The highest BCUT2D eigenvalue weighted by molar-refractivity contribution is 5.75. The third-order valence-corrected chi connectivity index (χ3v) is 0.538. The van der Waals surface area contributed by atoms with Crippen LogP contribution in [0.3, 0.4) is 0 Å². The molecule has 0 atom stereocenters. The van der Waals surface area contributed by atoms with E-state index in [2.05, 4.69) is 4.99 Å². The van der Waals surface area contributed by atoms with Crippen LogP contribution in [0.1, 0.15) is 21.3 Å². The lowest BCUT2D eigenvalue weighted by Gasteiger charge is -1.54. The largest absolute Gasteiger partial charge is 0.269 e. The molecule has 1 aliphatic heterocycles. The molecule has 1 aliphatic rings. The van der Waals surface area contributed by atoms with Gasteiger partial charge < -0.3 is 0 Å². The first kappa shape index (κ1) is 15.6. The van der Waals surface area contributed by atoms with E-state index >= 15 is 0 Å². The fourth-order valence-corrected chi connectivity index (χ4v) is 0.304. The van der Waals surface area contributed by atoms with Gasteiger partial charge in [0.1, 0.15) is 0 Å². The molecular weight excluding hydrogens is 96.9 g/mol. The topological polar surface area (TPSA) is 12.4 Å². The van der Waals surface area contributed by atoms with Gasteiger partial charge in [-0.2, -0.15) is 0 Å². The van der Waals surface area contributed by atoms with E-state index in [4.69, 9.17) is 0 Å². The van der Waals surface area contributed by atoms with Gasteiger partial charge >= 0.3 is 0 Å². The third kappa shape index (κ3) is 5.47. The Balaban J connectivity index is -0.0000000833.